The van der Waals surface area contributed by atoms with Crippen molar-refractivity contribution in [3.05, 3.63) is 76.9 Å². The molecule has 4 aromatic rings. The Bertz CT molecular complexity index is 1350. The molecule has 0 fully saturated rings. The van der Waals surface area contributed by atoms with Gasteiger partial charge in [0, 0.05) is 36.9 Å². The normalized spacial score (nSPS) is 13.0. The standard InChI is InChI=1S/C25H25FN6O2/c1-2-23(33)27-13-17-6-4-8-22-19(17)14-29-32(22)25-30-21-9-10-34-15-20(21)24(31-25)28-12-16-5-3-7-18(26)11-16/h3-8,11,14H,2,9-10,12-13,15H2,1H3,(H,27,33)(H,28,30,31). The smallest absolute Gasteiger partial charge is 0.253 e. The Morgan fingerprint density at radius 2 is 2.06 bits per heavy atom. The average Bonchev–Trinajstić information content (AvgIpc) is 3.30. The van der Waals surface area contributed by atoms with Crippen molar-refractivity contribution in [1.29, 1.82) is 0 Å². The molecule has 5 rings (SSSR count). The minimum atomic E-state index is -0.276. The number of nitrogens with one attached hydrogen (secondary N) is 2. The van der Waals surface area contributed by atoms with Crippen LogP contribution >= 0.6 is 0 Å². The first kappa shape index (κ1) is 22.0. The number of rotatable bonds is 7. The molecule has 0 bridgehead atoms. The molecule has 1 amide bonds. The second-order valence-corrected chi connectivity index (χ2v) is 8.12. The third-order valence-electron chi connectivity index (χ3n) is 5.85. The number of fused-ring (bicyclic) bond motifs is 2. The molecule has 0 aliphatic carbocycles. The minimum Gasteiger partial charge on any atom is -0.376 e. The number of aromatic nitrogens is 4. The highest BCUT2D eigenvalue weighted by atomic mass is 19.1. The van der Waals surface area contributed by atoms with E-state index in [4.69, 9.17) is 14.7 Å². The average molecular weight is 461 g/mol. The number of benzene rings is 2. The van der Waals surface area contributed by atoms with E-state index >= 15 is 0 Å². The first-order valence-corrected chi connectivity index (χ1v) is 11.3. The highest BCUT2D eigenvalue weighted by molar-refractivity contribution is 5.84. The lowest BCUT2D eigenvalue weighted by molar-refractivity contribution is -0.120. The Kier molecular flexibility index (Phi) is 6.18. The summed E-state index contributed by atoms with van der Waals surface area (Å²) >= 11 is 0. The van der Waals surface area contributed by atoms with Gasteiger partial charge in [-0.3, -0.25) is 4.79 Å². The van der Waals surface area contributed by atoms with Gasteiger partial charge in [0.2, 0.25) is 5.91 Å². The van der Waals surface area contributed by atoms with Crippen LogP contribution in [-0.2, 0) is 35.6 Å². The topological polar surface area (TPSA) is 94.0 Å². The summed E-state index contributed by atoms with van der Waals surface area (Å²) in [6, 6.07) is 12.3. The van der Waals surface area contributed by atoms with E-state index in [1.54, 1.807) is 16.9 Å². The lowest BCUT2D eigenvalue weighted by Crippen LogP contribution is -2.21. The van der Waals surface area contributed by atoms with Crippen molar-refractivity contribution in [2.45, 2.75) is 39.5 Å². The molecule has 0 atom stereocenters. The van der Waals surface area contributed by atoms with Gasteiger partial charge in [0.15, 0.2) is 0 Å². The summed E-state index contributed by atoms with van der Waals surface area (Å²) in [5.41, 5.74) is 4.46. The van der Waals surface area contributed by atoms with E-state index in [-0.39, 0.29) is 11.7 Å². The fourth-order valence-electron chi connectivity index (χ4n) is 4.04. The molecule has 1 aliphatic heterocycles. The zero-order chi connectivity index (χ0) is 23.5. The molecule has 0 saturated heterocycles. The number of nitrogens with zero attached hydrogens (tertiary/aromatic N) is 4. The van der Waals surface area contributed by atoms with Gasteiger partial charge in [0.25, 0.3) is 5.95 Å². The van der Waals surface area contributed by atoms with Crippen LogP contribution < -0.4 is 10.6 Å². The third kappa shape index (κ3) is 4.47. The zero-order valence-electron chi connectivity index (χ0n) is 18.8. The SMILES string of the molecule is CCC(=O)NCc1cccc2c1cnn2-c1nc2c(c(NCc3cccc(F)c3)n1)COCC2. The van der Waals surface area contributed by atoms with Crippen LogP contribution in [0.2, 0.25) is 0 Å². The maximum Gasteiger partial charge on any atom is 0.253 e. The van der Waals surface area contributed by atoms with E-state index in [0.29, 0.717) is 50.9 Å². The monoisotopic (exact) mass is 460 g/mol. The first-order valence-electron chi connectivity index (χ1n) is 11.3. The fraction of sp³-hybridized carbons (Fsp3) is 0.280. The van der Waals surface area contributed by atoms with Gasteiger partial charge in [-0.25, -0.2) is 9.37 Å². The van der Waals surface area contributed by atoms with Gasteiger partial charge in [-0.05, 0) is 29.3 Å². The van der Waals surface area contributed by atoms with Crippen LogP contribution in [0.5, 0.6) is 0 Å². The summed E-state index contributed by atoms with van der Waals surface area (Å²) in [6.07, 6.45) is 2.88. The van der Waals surface area contributed by atoms with Crippen molar-refractivity contribution in [3.8, 4) is 5.95 Å². The molecule has 0 spiro atoms. The largest absolute Gasteiger partial charge is 0.376 e. The highest BCUT2D eigenvalue weighted by Crippen LogP contribution is 2.26. The Morgan fingerprint density at radius 1 is 1.18 bits per heavy atom. The van der Waals surface area contributed by atoms with Crippen molar-refractivity contribution < 1.29 is 13.9 Å². The molecule has 0 unspecified atom stereocenters. The molecule has 9 heteroatoms. The maximum atomic E-state index is 13.6. The Hall–Kier alpha value is -3.85. The van der Waals surface area contributed by atoms with E-state index in [1.807, 2.05) is 31.2 Å². The molecular weight excluding hydrogens is 435 g/mol. The molecule has 0 saturated carbocycles. The summed E-state index contributed by atoms with van der Waals surface area (Å²) in [6.45, 7) is 3.68. The predicted octanol–water partition coefficient (Wildman–Crippen LogP) is 3.67. The van der Waals surface area contributed by atoms with Crippen LogP contribution in [0.4, 0.5) is 10.2 Å². The summed E-state index contributed by atoms with van der Waals surface area (Å²) in [7, 11) is 0. The van der Waals surface area contributed by atoms with Crippen LogP contribution in [0.15, 0.2) is 48.7 Å². The summed E-state index contributed by atoms with van der Waals surface area (Å²) in [4.78, 5) is 21.3. The number of anilines is 1. The quantitative estimate of drug-likeness (QED) is 0.437. The van der Waals surface area contributed by atoms with Crippen molar-refractivity contribution >= 4 is 22.6 Å². The number of carbonyl (C=O) groups is 1. The molecule has 3 heterocycles. The number of hydrogen-bond donors (Lipinski definition) is 2. The summed E-state index contributed by atoms with van der Waals surface area (Å²) in [5, 5.41) is 11.7. The van der Waals surface area contributed by atoms with Crippen molar-refractivity contribution in [2.75, 3.05) is 11.9 Å². The Labute approximate surface area is 196 Å². The minimum absolute atomic E-state index is 0.00125. The van der Waals surface area contributed by atoms with E-state index < -0.39 is 0 Å². The molecule has 34 heavy (non-hydrogen) atoms. The van der Waals surface area contributed by atoms with Crippen LogP contribution in [0, 0.1) is 5.82 Å². The molecule has 8 nitrogen and oxygen atoms in total. The van der Waals surface area contributed by atoms with Gasteiger partial charge in [0.05, 0.1) is 30.6 Å². The van der Waals surface area contributed by atoms with Gasteiger partial charge >= 0.3 is 0 Å². The first-order chi connectivity index (χ1) is 16.6. The number of hydrogen-bond acceptors (Lipinski definition) is 6. The Morgan fingerprint density at radius 3 is 2.91 bits per heavy atom. The van der Waals surface area contributed by atoms with Crippen molar-refractivity contribution in [2.24, 2.45) is 0 Å². The number of amides is 1. The van der Waals surface area contributed by atoms with Gasteiger partial charge in [0.1, 0.15) is 11.6 Å². The fourth-order valence-corrected chi connectivity index (χ4v) is 4.04. The van der Waals surface area contributed by atoms with Crippen molar-refractivity contribution in [3.63, 3.8) is 0 Å². The number of carbonyl (C=O) groups excluding carboxylic acids is 1. The molecule has 174 valence electrons. The van der Waals surface area contributed by atoms with Gasteiger partial charge in [-0.15, -0.1) is 0 Å². The second-order valence-electron chi connectivity index (χ2n) is 8.12. The molecule has 2 aromatic heterocycles. The lowest BCUT2D eigenvalue weighted by Gasteiger charge is -2.20. The lowest BCUT2D eigenvalue weighted by atomic mass is 10.1. The van der Waals surface area contributed by atoms with E-state index in [2.05, 4.69) is 15.7 Å². The number of ether oxygens (including phenoxy) is 1. The molecular formula is C25H25FN6O2. The highest BCUT2D eigenvalue weighted by Gasteiger charge is 2.20. The van der Waals surface area contributed by atoms with E-state index in [9.17, 15) is 9.18 Å². The second kappa shape index (κ2) is 9.56. The van der Waals surface area contributed by atoms with E-state index in [1.165, 1.54) is 12.1 Å². The number of halogens is 1. The van der Waals surface area contributed by atoms with Gasteiger partial charge < -0.3 is 15.4 Å². The van der Waals surface area contributed by atoms with Crippen LogP contribution in [0.25, 0.3) is 16.9 Å². The predicted molar refractivity (Wildman–Crippen MR) is 126 cm³/mol. The molecule has 2 aromatic carbocycles. The van der Waals surface area contributed by atoms with Crippen LogP contribution in [0.3, 0.4) is 0 Å². The van der Waals surface area contributed by atoms with E-state index in [0.717, 1.165) is 33.3 Å². The maximum absolute atomic E-state index is 13.6. The van der Waals surface area contributed by atoms with Crippen LogP contribution in [0.1, 0.15) is 35.7 Å². The molecule has 1 aliphatic rings. The summed E-state index contributed by atoms with van der Waals surface area (Å²) < 4.78 is 21.0. The van der Waals surface area contributed by atoms with Gasteiger partial charge in [-0.1, -0.05) is 31.2 Å². The molecule has 0 radical (unpaired) electrons. The summed E-state index contributed by atoms with van der Waals surface area (Å²) in [5.74, 6) is 0.826. The van der Waals surface area contributed by atoms with Crippen molar-refractivity contribution in [1.82, 2.24) is 25.1 Å². The van der Waals surface area contributed by atoms with Crippen LogP contribution in [-0.4, -0.2) is 32.3 Å². The third-order valence-corrected chi connectivity index (χ3v) is 5.85. The Balaban J connectivity index is 1.50. The molecule has 2 N–H and O–H groups in total. The zero-order valence-corrected chi connectivity index (χ0v) is 18.8. The van der Waals surface area contributed by atoms with Gasteiger partial charge in [-0.2, -0.15) is 14.8 Å².